The van der Waals surface area contributed by atoms with E-state index in [1.165, 1.54) is 19.3 Å². The maximum Gasteiger partial charge on any atom is 0.426 e. The Morgan fingerprint density at radius 3 is 1.62 bits per heavy atom. The van der Waals surface area contributed by atoms with Gasteiger partial charge in [-0.2, -0.15) is 26.3 Å². The Hall–Kier alpha value is -1.52. The monoisotopic (exact) mass is 548 g/mol. The van der Waals surface area contributed by atoms with Crippen LogP contribution in [-0.4, -0.2) is 46.7 Å². The Morgan fingerprint density at radius 2 is 1.32 bits per heavy atom. The number of hydrogen-bond donors (Lipinski definition) is 1. The van der Waals surface area contributed by atoms with E-state index in [0.29, 0.717) is 25.7 Å². The van der Waals surface area contributed by atoms with Gasteiger partial charge in [-0.3, -0.25) is 9.59 Å². The van der Waals surface area contributed by atoms with Crippen molar-refractivity contribution in [3.8, 4) is 0 Å². The first kappa shape index (κ1) is 33.5. The van der Waals surface area contributed by atoms with E-state index >= 15 is 0 Å². The lowest BCUT2D eigenvalue weighted by molar-refractivity contribution is -0.368. The number of carbonyl (C=O) groups is 2. The lowest BCUT2D eigenvalue weighted by Crippen LogP contribution is -2.56. The van der Waals surface area contributed by atoms with Gasteiger partial charge in [0.05, 0.1) is 10.8 Å². The molecule has 2 aliphatic rings. The van der Waals surface area contributed by atoms with E-state index in [-0.39, 0.29) is 18.0 Å². The Morgan fingerprint density at radius 1 is 0.811 bits per heavy atom. The standard InChI is InChI=1S/C21H36O4.C5H6F6O/c1-8-21(7,13-20(5,6)17(22)25-19(2,3)4)18(23)24-16-12-14-9-10-15(16)11-14;1-2-3(12,4(6,7)8)5(9,10)11/h14-16H,8-13H2,1-7H3;12H,2H2,1H3. The molecule has 218 valence electrons. The number of rotatable bonds is 7. The summed E-state index contributed by atoms with van der Waals surface area (Å²) in [5.41, 5.74) is -6.51. The van der Waals surface area contributed by atoms with Gasteiger partial charge in [0, 0.05) is 0 Å². The summed E-state index contributed by atoms with van der Waals surface area (Å²) in [6.45, 7) is 13.8. The zero-order chi connectivity index (χ0) is 29.3. The first-order chi connectivity index (χ1) is 16.4. The number of ether oxygens (including phenoxy) is 2. The molecule has 11 heteroatoms. The van der Waals surface area contributed by atoms with Crippen LogP contribution in [0.3, 0.4) is 0 Å². The third kappa shape index (κ3) is 8.23. The summed E-state index contributed by atoms with van der Waals surface area (Å²) in [5, 5.41) is 8.24. The normalized spacial score (nSPS) is 24.1. The highest BCUT2D eigenvalue weighted by Gasteiger charge is 2.69. The molecule has 4 unspecified atom stereocenters. The largest absolute Gasteiger partial charge is 0.462 e. The van der Waals surface area contributed by atoms with Gasteiger partial charge in [-0.25, -0.2) is 0 Å². The van der Waals surface area contributed by atoms with Crippen molar-refractivity contribution in [2.24, 2.45) is 22.7 Å². The fourth-order valence-electron chi connectivity index (χ4n) is 4.98. The second kappa shape index (κ2) is 11.3. The minimum absolute atomic E-state index is 0.0850. The van der Waals surface area contributed by atoms with E-state index < -0.39 is 40.8 Å². The highest BCUT2D eigenvalue weighted by molar-refractivity contribution is 5.80. The molecule has 0 saturated heterocycles. The first-order valence-electron chi connectivity index (χ1n) is 12.7. The van der Waals surface area contributed by atoms with Crippen LogP contribution in [0.15, 0.2) is 0 Å². The smallest absolute Gasteiger partial charge is 0.426 e. The topological polar surface area (TPSA) is 72.8 Å². The second-order valence-corrected chi connectivity index (χ2v) is 12.3. The van der Waals surface area contributed by atoms with E-state index in [2.05, 4.69) is 0 Å². The summed E-state index contributed by atoms with van der Waals surface area (Å²) in [6.07, 6.45) is -6.92. The minimum atomic E-state index is -5.68. The number of hydrogen-bond acceptors (Lipinski definition) is 5. The average Bonchev–Trinajstić information content (AvgIpc) is 3.33. The van der Waals surface area contributed by atoms with Gasteiger partial charge in [0.2, 0.25) is 0 Å². The molecule has 0 aromatic carbocycles. The van der Waals surface area contributed by atoms with Crippen molar-refractivity contribution < 1.29 is 50.5 Å². The molecule has 0 aromatic rings. The van der Waals surface area contributed by atoms with Crippen LogP contribution in [0.5, 0.6) is 0 Å². The number of esters is 2. The zero-order valence-corrected chi connectivity index (χ0v) is 23.0. The average molecular weight is 549 g/mol. The molecule has 0 amide bonds. The lowest BCUT2D eigenvalue weighted by Gasteiger charge is -2.36. The zero-order valence-electron chi connectivity index (χ0n) is 23.0. The Kier molecular flexibility index (Phi) is 10.2. The summed E-state index contributed by atoms with van der Waals surface area (Å²) < 4.78 is 81.3. The molecule has 2 saturated carbocycles. The molecule has 4 atom stereocenters. The molecular weight excluding hydrogens is 506 g/mol. The summed E-state index contributed by atoms with van der Waals surface area (Å²) in [7, 11) is 0. The number of fused-ring (bicyclic) bond motifs is 2. The Bertz CT molecular complexity index is 785. The minimum Gasteiger partial charge on any atom is -0.462 e. The molecule has 0 aromatic heterocycles. The van der Waals surface area contributed by atoms with Crippen molar-refractivity contribution in [3.63, 3.8) is 0 Å². The van der Waals surface area contributed by atoms with E-state index in [0.717, 1.165) is 12.3 Å². The highest BCUT2D eigenvalue weighted by Crippen LogP contribution is 2.48. The number of alkyl halides is 6. The molecule has 2 aliphatic carbocycles. The molecule has 2 rings (SSSR count). The summed E-state index contributed by atoms with van der Waals surface area (Å²) >= 11 is 0. The quantitative estimate of drug-likeness (QED) is 0.270. The molecule has 2 fully saturated rings. The third-order valence-electron chi connectivity index (χ3n) is 7.44. The molecule has 37 heavy (non-hydrogen) atoms. The molecule has 1 N–H and O–H groups in total. The maximum atomic E-state index is 12.9. The van der Waals surface area contributed by atoms with E-state index in [1.807, 2.05) is 48.5 Å². The third-order valence-corrected chi connectivity index (χ3v) is 7.44. The van der Waals surface area contributed by atoms with Crippen LogP contribution in [-0.2, 0) is 19.1 Å². The molecule has 0 radical (unpaired) electrons. The van der Waals surface area contributed by atoms with E-state index in [4.69, 9.17) is 14.6 Å². The lowest BCUT2D eigenvalue weighted by atomic mass is 9.72. The van der Waals surface area contributed by atoms with E-state index in [1.54, 1.807) is 0 Å². The number of halogens is 6. The molecule has 0 heterocycles. The van der Waals surface area contributed by atoms with Crippen molar-refractivity contribution in [2.45, 2.75) is 130 Å². The van der Waals surface area contributed by atoms with Crippen LogP contribution in [0.25, 0.3) is 0 Å². The fourth-order valence-corrected chi connectivity index (χ4v) is 4.98. The van der Waals surface area contributed by atoms with Crippen LogP contribution >= 0.6 is 0 Å². The molecule has 2 bridgehead atoms. The summed E-state index contributed by atoms with van der Waals surface area (Å²) in [5.74, 6) is 0.888. The van der Waals surface area contributed by atoms with Gasteiger partial charge < -0.3 is 14.6 Å². The molecule has 0 spiro atoms. The maximum absolute atomic E-state index is 12.9. The van der Waals surface area contributed by atoms with Gasteiger partial charge in [-0.1, -0.05) is 13.8 Å². The van der Waals surface area contributed by atoms with Gasteiger partial charge in [0.1, 0.15) is 11.7 Å². The Balaban J connectivity index is 0.000000482. The molecular formula is C26H42F6O5. The summed E-state index contributed by atoms with van der Waals surface area (Å²) in [4.78, 5) is 25.5. The van der Waals surface area contributed by atoms with Crippen molar-refractivity contribution in [2.75, 3.05) is 0 Å². The number of carbonyl (C=O) groups excluding carboxylic acids is 2. The molecule has 0 aliphatic heterocycles. The highest BCUT2D eigenvalue weighted by atomic mass is 19.4. The predicted molar refractivity (Wildman–Crippen MR) is 125 cm³/mol. The van der Waals surface area contributed by atoms with Gasteiger partial charge in [-0.05, 0) is 98.3 Å². The SMILES string of the molecule is CCC(C)(CC(C)(C)C(=O)OC(C)(C)C)C(=O)OC1CC2CCC1C2.CCC(O)(C(F)(F)F)C(F)(F)F. The van der Waals surface area contributed by atoms with Gasteiger partial charge in [0.25, 0.3) is 5.60 Å². The van der Waals surface area contributed by atoms with Crippen LogP contribution in [0, 0.1) is 22.7 Å². The van der Waals surface area contributed by atoms with Crippen LogP contribution in [0.4, 0.5) is 26.3 Å². The van der Waals surface area contributed by atoms with Crippen molar-refractivity contribution in [1.82, 2.24) is 0 Å². The van der Waals surface area contributed by atoms with Gasteiger partial charge in [-0.15, -0.1) is 0 Å². The second-order valence-electron chi connectivity index (χ2n) is 12.3. The first-order valence-corrected chi connectivity index (χ1v) is 12.7. The van der Waals surface area contributed by atoms with Crippen molar-refractivity contribution >= 4 is 11.9 Å². The van der Waals surface area contributed by atoms with Crippen LogP contribution in [0.2, 0.25) is 0 Å². The Labute approximate surface area is 215 Å². The van der Waals surface area contributed by atoms with Gasteiger partial charge in [0.15, 0.2) is 0 Å². The van der Waals surface area contributed by atoms with Crippen molar-refractivity contribution in [3.05, 3.63) is 0 Å². The van der Waals surface area contributed by atoms with E-state index in [9.17, 15) is 35.9 Å². The van der Waals surface area contributed by atoms with Crippen LogP contribution in [0.1, 0.15) is 100 Å². The van der Waals surface area contributed by atoms with Gasteiger partial charge >= 0.3 is 24.3 Å². The van der Waals surface area contributed by atoms with Crippen LogP contribution < -0.4 is 0 Å². The fraction of sp³-hybridized carbons (Fsp3) is 0.923. The summed E-state index contributed by atoms with van der Waals surface area (Å²) in [6, 6.07) is 0. The van der Waals surface area contributed by atoms with Crippen molar-refractivity contribution in [1.29, 1.82) is 0 Å². The predicted octanol–water partition coefficient (Wildman–Crippen LogP) is 7.14. The molecule has 5 nitrogen and oxygen atoms in total. The number of aliphatic hydroxyl groups is 1.